The van der Waals surface area contributed by atoms with Crippen molar-refractivity contribution in [2.45, 2.75) is 44.3 Å². The number of benzene rings is 1. The van der Waals surface area contributed by atoms with Crippen molar-refractivity contribution in [3.8, 4) is 0 Å². The molecular formula is C14H19N3O4S. The predicted octanol–water partition coefficient (Wildman–Crippen LogP) is 2.72. The van der Waals surface area contributed by atoms with Gasteiger partial charge in [-0.2, -0.15) is 5.10 Å². The molecule has 1 fully saturated rings. The maximum Gasteiger partial charge on any atom is 0.269 e. The molecule has 0 saturated heterocycles. The third-order valence-electron chi connectivity index (χ3n) is 3.53. The van der Waals surface area contributed by atoms with Crippen molar-refractivity contribution in [1.29, 1.82) is 0 Å². The number of sulfonamides is 1. The summed E-state index contributed by atoms with van der Waals surface area (Å²) in [4.78, 5) is 12.3. The van der Waals surface area contributed by atoms with Gasteiger partial charge >= 0.3 is 0 Å². The number of rotatable bonds is 5. The van der Waals surface area contributed by atoms with Gasteiger partial charge in [-0.15, -0.1) is 0 Å². The molecule has 8 heteroatoms. The Labute approximate surface area is 129 Å². The molecule has 0 aliphatic heterocycles. The highest BCUT2D eigenvalue weighted by Gasteiger charge is 2.13. The fourth-order valence-corrected chi connectivity index (χ4v) is 3.31. The lowest BCUT2D eigenvalue weighted by atomic mass is 10.2. The summed E-state index contributed by atoms with van der Waals surface area (Å²) in [5.41, 5.74) is 1.32. The molecule has 0 heterocycles. The van der Waals surface area contributed by atoms with Crippen LogP contribution in [-0.2, 0) is 15.8 Å². The SMILES string of the molecule is O=[N+]([O-])c1ccc(CS(=O)(=O)NN=C2CCCCCC2)cc1. The van der Waals surface area contributed by atoms with Crippen LogP contribution >= 0.6 is 0 Å². The minimum atomic E-state index is -3.59. The van der Waals surface area contributed by atoms with Gasteiger partial charge in [-0.1, -0.05) is 25.0 Å². The molecule has 0 amide bonds. The molecule has 0 bridgehead atoms. The van der Waals surface area contributed by atoms with Crippen molar-refractivity contribution in [2.75, 3.05) is 0 Å². The highest BCUT2D eigenvalue weighted by atomic mass is 32.2. The van der Waals surface area contributed by atoms with Gasteiger partial charge in [0.25, 0.3) is 15.7 Å². The third kappa shape index (κ3) is 5.10. The van der Waals surface area contributed by atoms with Crippen molar-refractivity contribution in [2.24, 2.45) is 5.10 Å². The average Bonchev–Trinajstić information content (AvgIpc) is 2.74. The zero-order valence-electron chi connectivity index (χ0n) is 12.2. The van der Waals surface area contributed by atoms with Gasteiger partial charge in [0.15, 0.2) is 0 Å². The fraction of sp³-hybridized carbons (Fsp3) is 0.500. The predicted molar refractivity (Wildman–Crippen MR) is 84.0 cm³/mol. The molecule has 0 spiro atoms. The van der Waals surface area contributed by atoms with Crippen molar-refractivity contribution >= 4 is 21.4 Å². The average molecular weight is 325 g/mol. The van der Waals surface area contributed by atoms with Crippen molar-refractivity contribution in [3.05, 3.63) is 39.9 Å². The Morgan fingerprint density at radius 1 is 1.09 bits per heavy atom. The lowest BCUT2D eigenvalue weighted by Gasteiger charge is -2.06. The highest BCUT2D eigenvalue weighted by Crippen LogP contribution is 2.16. The second-order valence-corrected chi connectivity index (χ2v) is 7.07. The molecule has 22 heavy (non-hydrogen) atoms. The Morgan fingerprint density at radius 3 is 2.23 bits per heavy atom. The number of hydrogen-bond donors (Lipinski definition) is 1. The van der Waals surface area contributed by atoms with Crippen LogP contribution in [0.4, 0.5) is 5.69 Å². The van der Waals surface area contributed by atoms with Gasteiger partial charge in [0.2, 0.25) is 0 Å². The summed E-state index contributed by atoms with van der Waals surface area (Å²) < 4.78 is 24.0. The zero-order valence-corrected chi connectivity index (χ0v) is 13.0. The van der Waals surface area contributed by atoms with Gasteiger partial charge in [-0.05, 0) is 31.2 Å². The zero-order chi connectivity index (χ0) is 16.0. The van der Waals surface area contributed by atoms with Gasteiger partial charge in [0.1, 0.15) is 0 Å². The molecular weight excluding hydrogens is 306 g/mol. The van der Waals surface area contributed by atoms with E-state index in [-0.39, 0.29) is 11.4 Å². The molecule has 7 nitrogen and oxygen atoms in total. The summed E-state index contributed by atoms with van der Waals surface area (Å²) in [7, 11) is -3.59. The molecule has 0 aromatic heterocycles. The van der Waals surface area contributed by atoms with Crippen LogP contribution in [0.25, 0.3) is 0 Å². The maximum absolute atomic E-state index is 12.0. The molecule has 120 valence electrons. The molecule has 1 N–H and O–H groups in total. The van der Waals surface area contributed by atoms with E-state index in [9.17, 15) is 18.5 Å². The van der Waals surface area contributed by atoms with Crippen LogP contribution < -0.4 is 4.83 Å². The second-order valence-electron chi connectivity index (χ2n) is 5.37. The summed E-state index contributed by atoms with van der Waals surface area (Å²) in [6.45, 7) is 0. The van der Waals surface area contributed by atoms with Gasteiger partial charge in [-0.25, -0.2) is 13.2 Å². The molecule has 0 unspecified atom stereocenters. The van der Waals surface area contributed by atoms with Gasteiger partial charge in [0.05, 0.1) is 10.7 Å². The van der Waals surface area contributed by atoms with E-state index in [1.165, 1.54) is 24.3 Å². The van der Waals surface area contributed by atoms with Crippen LogP contribution in [0.3, 0.4) is 0 Å². The molecule has 1 aliphatic carbocycles. The van der Waals surface area contributed by atoms with Crippen molar-refractivity contribution in [3.63, 3.8) is 0 Å². The number of nitro groups is 1. The van der Waals surface area contributed by atoms with Crippen LogP contribution in [0.1, 0.15) is 44.1 Å². The molecule has 1 aromatic rings. The van der Waals surface area contributed by atoms with Gasteiger partial charge in [0, 0.05) is 17.8 Å². The smallest absolute Gasteiger partial charge is 0.258 e. The van der Waals surface area contributed by atoms with Crippen LogP contribution in [0.5, 0.6) is 0 Å². The molecule has 1 aliphatic rings. The second kappa shape index (κ2) is 7.35. The first kappa shape index (κ1) is 16.4. The summed E-state index contributed by atoms with van der Waals surface area (Å²) in [5.74, 6) is -0.248. The van der Waals surface area contributed by atoms with E-state index < -0.39 is 14.9 Å². The maximum atomic E-state index is 12.0. The highest BCUT2D eigenvalue weighted by molar-refractivity contribution is 7.88. The normalized spacial score (nSPS) is 15.9. The molecule has 1 aromatic carbocycles. The van der Waals surface area contributed by atoms with Crippen molar-refractivity contribution in [1.82, 2.24) is 4.83 Å². The number of nitro benzene ring substituents is 1. The molecule has 1 saturated carbocycles. The number of nitrogens with one attached hydrogen (secondary N) is 1. The van der Waals surface area contributed by atoms with Crippen LogP contribution in [0, 0.1) is 10.1 Å². The van der Waals surface area contributed by atoms with Crippen LogP contribution in [0.2, 0.25) is 0 Å². The molecule has 0 atom stereocenters. The Balaban J connectivity index is 1.98. The summed E-state index contributed by atoms with van der Waals surface area (Å²) in [6.07, 6.45) is 6.08. The number of hydrogen-bond acceptors (Lipinski definition) is 5. The van der Waals surface area contributed by atoms with Gasteiger partial charge < -0.3 is 0 Å². The number of hydrazone groups is 1. The van der Waals surface area contributed by atoms with Crippen LogP contribution in [0.15, 0.2) is 29.4 Å². The molecule has 0 radical (unpaired) electrons. The standard InChI is InChI=1S/C14H19N3O4S/c18-17(19)14-9-7-12(8-10-14)11-22(20,21)16-15-13-5-3-1-2-4-6-13/h7-10,16H,1-6,11H2. The van der Waals surface area contributed by atoms with E-state index in [1.54, 1.807) is 0 Å². The van der Waals surface area contributed by atoms with Gasteiger partial charge in [-0.3, -0.25) is 10.1 Å². The topological polar surface area (TPSA) is 102 Å². The minimum Gasteiger partial charge on any atom is -0.258 e. The Hall–Kier alpha value is -1.96. The first-order valence-corrected chi connectivity index (χ1v) is 8.90. The summed E-state index contributed by atoms with van der Waals surface area (Å²) in [6, 6.07) is 5.47. The third-order valence-corrected chi connectivity index (χ3v) is 4.61. The quantitative estimate of drug-likeness (QED) is 0.511. The lowest BCUT2D eigenvalue weighted by molar-refractivity contribution is -0.384. The van der Waals surface area contributed by atoms with E-state index in [0.717, 1.165) is 44.2 Å². The lowest BCUT2D eigenvalue weighted by Crippen LogP contribution is -2.21. The Bertz CT molecular complexity index is 643. The van der Waals surface area contributed by atoms with Crippen LogP contribution in [-0.4, -0.2) is 19.1 Å². The summed E-state index contributed by atoms with van der Waals surface area (Å²) >= 11 is 0. The Morgan fingerprint density at radius 2 is 1.68 bits per heavy atom. The van der Waals surface area contributed by atoms with E-state index in [1.807, 2.05) is 0 Å². The Kier molecular flexibility index (Phi) is 5.48. The first-order valence-electron chi connectivity index (χ1n) is 7.24. The summed E-state index contributed by atoms with van der Waals surface area (Å²) in [5, 5.41) is 14.6. The van der Waals surface area contributed by atoms with E-state index in [0.29, 0.717) is 5.56 Å². The number of nitrogens with zero attached hydrogens (tertiary/aromatic N) is 2. The molecule has 2 rings (SSSR count). The fourth-order valence-electron chi connectivity index (χ4n) is 2.35. The largest absolute Gasteiger partial charge is 0.269 e. The van der Waals surface area contributed by atoms with Crippen molar-refractivity contribution < 1.29 is 13.3 Å². The van der Waals surface area contributed by atoms with E-state index in [2.05, 4.69) is 9.93 Å². The van der Waals surface area contributed by atoms with E-state index >= 15 is 0 Å². The number of non-ortho nitro benzene ring substituents is 1. The monoisotopic (exact) mass is 325 g/mol. The minimum absolute atomic E-state index is 0.0622. The first-order chi connectivity index (χ1) is 10.5. The van der Waals surface area contributed by atoms with E-state index in [4.69, 9.17) is 0 Å².